The summed E-state index contributed by atoms with van der Waals surface area (Å²) in [4.78, 5) is 35.7. The van der Waals surface area contributed by atoms with Gasteiger partial charge in [0.15, 0.2) is 5.78 Å². The number of ketones is 1. The SMILES string of the molecule is COC(=O)N[C@H](C(=O)C[C@@H](Cc1ccc(C#Cc2ccc(N3CC4CCC(C3)N4CC3CNC3)nc2)cc1)[C@@H](O)CNCc1c(F)cc(-c2cnn(C(F)F)c2)cc1F)C(C)(C)C(F)(F)F. The first-order valence-corrected chi connectivity index (χ1v) is 21.8. The molecule has 2 bridgehead atoms. The summed E-state index contributed by atoms with van der Waals surface area (Å²) in [6.07, 6.45) is -2.20. The zero-order chi connectivity index (χ0) is 47.3. The fourth-order valence-corrected chi connectivity index (χ4v) is 8.84. The van der Waals surface area contributed by atoms with E-state index in [0.29, 0.717) is 33.5 Å². The van der Waals surface area contributed by atoms with Crippen LogP contribution in [0.5, 0.6) is 0 Å². The molecule has 3 aliphatic rings. The summed E-state index contributed by atoms with van der Waals surface area (Å²) in [6, 6.07) is 11.7. The first-order chi connectivity index (χ1) is 31.4. The lowest BCUT2D eigenvalue weighted by atomic mass is 9.77. The van der Waals surface area contributed by atoms with Gasteiger partial charge in [0, 0.05) is 99.0 Å². The molecule has 2 unspecified atom stereocenters. The maximum absolute atomic E-state index is 15.2. The maximum atomic E-state index is 15.2. The molecule has 4 aromatic rings. The number of pyridine rings is 1. The third-order valence-corrected chi connectivity index (χ3v) is 13.0. The summed E-state index contributed by atoms with van der Waals surface area (Å²) in [5.74, 6) is 3.77. The third-order valence-electron chi connectivity index (χ3n) is 13.0. The standard InChI is InChI=1S/C47H53F7N8O4/c1-46(2,47(52,53)54)43(59-45(65)66-3)40(63)17-33(41(64)23-56-22-37-38(48)15-32(16-39(37)49)34-21-58-62(25-34)44(50)51)14-29-7-4-28(5-8-29)6-9-30-10-13-42(57-20-30)60-26-35-11-12-36(27-60)61(35)24-31-18-55-19-31/h4-5,7-8,10,13,15-16,20-21,25,31,33,35-36,41,43-44,55-56,64H,11-12,14,17-19,22-24,26-27H2,1-3H3,(H,59,65)/t33-,35?,36?,41+,43-/m1/s1. The fourth-order valence-electron chi connectivity index (χ4n) is 8.84. The Balaban J connectivity index is 1.02. The third kappa shape index (κ3) is 11.3. The molecular formula is C47H53F7N8O4. The number of nitrogens with zero attached hydrogens (tertiary/aromatic N) is 5. The zero-order valence-corrected chi connectivity index (χ0v) is 36.7. The van der Waals surface area contributed by atoms with Crippen LogP contribution in [0, 0.1) is 40.7 Å². The number of hydrogen-bond acceptors (Lipinski definition) is 10. The number of aromatic nitrogens is 3. The average Bonchev–Trinajstić information content (AvgIpc) is 3.85. The molecule has 19 heteroatoms. The van der Waals surface area contributed by atoms with Gasteiger partial charge in [-0.25, -0.2) is 23.2 Å². The van der Waals surface area contributed by atoms with Crippen LogP contribution in [0.15, 0.2) is 67.1 Å². The van der Waals surface area contributed by atoms with Crippen LogP contribution >= 0.6 is 0 Å². The molecule has 3 saturated heterocycles. The van der Waals surface area contributed by atoms with Crippen molar-refractivity contribution in [2.75, 3.05) is 51.3 Å². The number of alkyl halides is 5. The Hall–Kier alpha value is -5.55. The highest BCUT2D eigenvalue weighted by molar-refractivity contribution is 5.88. The number of alkyl carbamates (subject to hydrolysis) is 1. The van der Waals surface area contributed by atoms with Crippen LogP contribution in [0.1, 0.15) is 61.9 Å². The minimum Gasteiger partial charge on any atom is -0.453 e. The lowest BCUT2D eigenvalue weighted by Crippen LogP contribution is -2.58. The van der Waals surface area contributed by atoms with Crippen LogP contribution in [0.3, 0.4) is 0 Å². The van der Waals surface area contributed by atoms with Gasteiger partial charge in [-0.2, -0.15) is 27.1 Å². The highest BCUT2D eigenvalue weighted by Crippen LogP contribution is 2.42. The first-order valence-electron chi connectivity index (χ1n) is 21.8. The number of benzene rings is 2. The Morgan fingerprint density at radius 3 is 2.17 bits per heavy atom. The Labute approximate surface area is 378 Å². The van der Waals surface area contributed by atoms with E-state index >= 15 is 8.78 Å². The number of Topliss-reactive ketones (excluding diaryl/α,β-unsaturated/α-hetero) is 1. The molecule has 354 valence electrons. The van der Waals surface area contributed by atoms with E-state index in [1.54, 1.807) is 30.5 Å². The second-order valence-corrected chi connectivity index (χ2v) is 17.9. The second-order valence-electron chi connectivity index (χ2n) is 17.9. The van der Waals surface area contributed by atoms with E-state index in [-0.39, 0.29) is 24.1 Å². The number of ether oxygens (including phenoxy) is 1. The van der Waals surface area contributed by atoms with E-state index in [1.165, 1.54) is 12.8 Å². The monoisotopic (exact) mass is 926 g/mol. The van der Waals surface area contributed by atoms with Crippen molar-refractivity contribution < 1.29 is 50.2 Å². The molecule has 0 spiro atoms. The molecule has 3 fully saturated rings. The molecule has 4 N–H and O–H groups in total. The number of aliphatic hydroxyl groups is 1. The van der Waals surface area contributed by atoms with Crippen molar-refractivity contribution in [1.29, 1.82) is 0 Å². The number of amides is 1. The predicted octanol–water partition coefficient (Wildman–Crippen LogP) is 6.47. The highest BCUT2D eigenvalue weighted by Gasteiger charge is 2.55. The molecule has 2 aromatic carbocycles. The van der Waals surface area contributed by atoms with Gasteiger partial charge in [0.2, 0.25) is 0 Å². The average molecular weight is 927 g/mol. The van der Waals surface area contributed by atoms with Crippen molar-refractivity contribution >= 4 is 17.7 Å². The van der Waals surface area contributed by atoms with Gasteiger partial charge in [-0.3, -0.25) is 9.69 Å². The smallest absolute Gasteiger partial charge is 0.407 e. The number of piperazine rings is 1. The number of nitrogens with one attached hydrogen (secondary N) is 3. The number of rotatable bonds is 17. The molecule has 5 heterocycles. The van der Waals surface area contributed by atoms with Crippen molar-refractivity contribution in [2.24, 2.45) is 17.3 Å². The Morgan fingerprint density at radius 1 is 0.955 bits per heavy atom. The molecule has 0 saturated carbocycles. The van der Waals surface area contributed by atoms with E-state index in [0.717, 1.165) is 89.9 Å². The van der Waals surface area contributed by atoms with Crippen molar-refractivity contribution in [3.8, 4) is 23.0 Å². The number of carbonyl (C=O) groups is 2. The lowest BCUT2D eigenvalue weighted by molar-refractivity contribution is -0.220. The topological polar surface area (TPSA) is 137 Å². The molecule has 0 radical (unpaired) electrons. The van der Waals surface area contributed by atoms with Gasteiger partial charge in [0.25, 0.3) is 0 Å². The number of halogens is 7. The number of hydrogen-bond donors (Lipinski definition) is 4. The molecule has 66 heavy (non-hydrogen) atoms. The number of methoxy groups -OCH3 is 1. The molecule has 5 atom stereocenters. The van der Waals surface area contributed by atoms with E-state index in [2.05, 4.69) is 42.1 Å². The molecule has 0 aliphatic carbocycles. The van der Waals surface area contributed by atoms with E-state index in [1.807, 2.05) is 17.4 Å². The quantitative estimate of drug-likeness (QED) is 0.0690. The van der Waals surface area contributed by atoms with Crippen molar-refractivity contribution in [2.45, 2.75) is 83.0 Å². The summed E-state index contributed by atoms with van der Waals surface area (Å²) in [6.45, 7) is 2.99. The number of fused-ring (bicyclic) bond motifs is 2. The van der Waals surface area contributed by atoms with Crippen LogP contribution in [0.2, 0.25) is 0 Å². The number of carbonyl (C=O) groups excluding carboxylic acids is 2. The second kappa shape index (κ2) is 20.5. The zero-order valence-electron chi connectivity index (χ0n) is 36.7. The van der Waals surface area contributed by atoms with Crippen molar-refractivity contribution in [3.05, 3.63) is 101 Å². The Kier molecular flexibility index (Phi) is 15.1. The van der Waals surface area contributed by atoms with Gasteiger partial charge < -0.3 is 30.7 Å². The van der Waals surface area contributed by atoms with Crippen LogP contribution in [-0.2, 0) is 22.5 Å². The van der Waals surface area contributed by atoms with Gasteiger partial charge in [0.05, 0.1) is 24.8 Å². The van der Waals surface area contributed by atoms with Crippen LogP contribution < -0.4 is 20.9 Å². The lowest BCUT2D eigenvalue weighted by Gasteiger charge is -2.44. The minimum absolute atomic E-state index is 0.0252. The van der Waals surface area contributed by atoms with E-state index in [9.17, 15) is 36.6 Å². The van der Waals surface area contributed by atoms with Crippen molar-refractivity contribution in [1.82, 2.24) is 35.6 Å². The van der Waals surface area contributed by atoms with Gasteiger partial charge in [-0.15, -0.1) is 0 Å². The molecule has 1 amide bonds. The van der Waals surface area contributed by atoms with Gasteiger partial charge >= 0.3 is 18.8 Å². The summed E-state index contributed by atoms with van der Waals surface area (Å²) >= 11 is 0. The first kappa shape index (κ1) is 48.4. The largest absolute Gasteiger partial charge is 0.453 e. The summed E-state index contributed by atoms with van der Waals surface area (Å²) in [5, 5.41) is 23.1. The normalized spacial score (nSPS) is 19.2. The number of aliphatic hydroxyl groups excluding tert-OH is 1. The molecule has 3 aliphatic heterocycles. The highest BCUT2D eigenvalue weighted by atomic mass is 19.4. The number of anilines is 1. The maximum Gasteiger partial charge on any atom is 0.407 e. The Bertz CT molecular complexity index is 2340. The Morgan fingerprint density at radius 2 is 1.61 bits per heavy atom. The van der Waals surface area contributed by atoms with Gasteiger partial charge in [0.1, 0.15) is 23.5 Å². The molecule has 12 nitrogen and oxygen atoms in total. The fraction of sp³-hybridized carbons (Fsp3) is 0.489. The van der Waals surface area contributed by atoms with E-state index in [4.69, 9.17) is 4.98 Å². The predicted molar refractivity (Wildman–Crippen MR) is 231 cm³/mol. The van der Waals surface area contributed by atoms with E-state index < -0.39 is 78.2 Å². The van der Waals surface area contributed by atoms with Crippen LogP contribution in [0.25, 0.3) is 11.1 Å². The van der Waals surface area contributed by atoms with Gasteiger partial charge in [-0.1, -0.05) is 24.0 Å². The van der Waals surface area contributed by atoms with Gasteiger partial charge in [-0.05, 0) is 92.5 Å². The minimum atomic E-state index is -4.94. The van der Waals surface area contributed by atoms with Crippen LogP contribution in [-0.4, -0.2) is 113 Å². The molecule has 7 rings (SSSR count). The summed E-state index contributed by atoms with van der Waals surface area (Å²) in [5.41, 5.74) is -1.22. The summed E-state index contributed by atoms with van der Waals surface area (Å²) < 4.78 is 104. The van der Waals surface area contributed by atoms with Crippen molar-refractivity contribution in [3.63, 3.8) is 0 Å². The summed E-state index contributed by atoms with van der Waals surface area (Å²) in [7, 11) is 0.942. The molecular weight excluding hydrogens is 874 g/mol. The van der Waals surface area contributed by atoms with Crippen LogP contribution in [0.4, 0.5) is 41.3 Å². The molecule has 2 aromatic heterocycles.